The number of carbonyl (C=O) groups excluding carboxylic acids is 1. The molecule has 0 spiro atoms. The fraction of sp³-hybridized carbons (Fsp3) is 0.462. The molecule has 0 saturated carbocycles. The smallest absolute Gasteiger partial charge is 0.220 e. The topological polar surface area (TPSA) is 58.6 Å². The number of halogens is 1. The maximum Gasteiger partial charge on any atom is 0.220 e. The maximum absolute atomic E-state index is 11.5. The molecule has 100 valence electrons. The highest BCUT2D eigenvalue weighted by molar-refractivity contribution is 6.31. The highest BCUT2D eigenvalue weighted by Gasteiger charge is 2.04. The lowest BCUT2D eigenvalue weighted by atomic mass is 10.1. The van der Waals surface area contributed by atoms with Crippen molar-refractivity contribution in [1.29, 1.82) is 0 Å². The van der Waals surface area contributed by atoms with Crippen LogP contribution in [0.15, 0.2) is 24.3 Å². The van der Waals surface area contributed by atoms with E-state index in [1.807, 2.05) is 24.3 Å². The SMILES string of the molecule is O=C(CCc1ccccc1Cl)NCCOCCO. The molecular formula is C13H18ClNO3. The molecule has 0 heterocycles. The van der Waals surface area contributed by atoms with E-state index < -0.39 is 0 Å². The molecule has 1 rings (SSSR count). The van der Waals surface area contributed by atoms with Gasteiger partial charge in [-0.25, -0.2) is 0 Å². The molecule has 1 aromatic carbocycles. The summed E-state index contributed by atoms with van der Waals surface area (Å²) in [6.45, 7) is 1.18. The van der Waals surface area contributed by atoms with E-state index in [1.54, 1.807) is 0 Å². The predicted octanol–water partition coefficient (Wildman–Crippen LogP) is 1.40. The summed E-state index contributed by atoms with van der Waals surface area (Å²) in [5.41, 5.74) is 0.978. The lowest BCUT2D eigenvalue weighted by Gasteiger charge is -2.06. The van der Waals surface area contributed by atoms with Crippen LogP contribution in [0.2, 0.25) is 5.02 Å². The van der Waals surface area contributed by atoms with Crippen molar-refractivity contribution in [2.75, 3.05) is 26.4 Å². The van der Waals surface area contributed by atoms with Crippen molar-refractivity contribution in [1.82, 2.24) is 5.32 Å². The van der Waals surface area contributed by atoms with Crippen LogP contribution in [0.1, 0.15) is 12.0 Å². The van der Waals surface area contributed by atoms with Crippen LogP contribution in [0.5, 0.6) is 0 Å². The molecule has 0 aliphatic rings. The van der Waals surface area contributed by atoms with Crippen LogP contribution in [0, 0.1) is 0 Å². The van der Waals surface area contributed by atoms with Gasteiger partial charge in [-0.15, -0.1) is 0 Å². The zero-order chi connectivity index (χ0) is 13.2. The third kappa shape index (κ3) is 6.00. The third-order valence-corrected chi connectivity index (χ3v) is 2.75. The first-order valence-electron chi connectivity index (χ1n) is 5.92. The molecule has 4 nitrogen and oxygen atoms in total. The second-order valence-corrected chi connectivity index (χ2v) is 4.18. The normalized spacial score (nSPS) is 10.3. The molecule has 0 aliphatic carbocycles. The van der Waals surface area contributed by atoms with Crippen LogP contribution in [0.25, 0.3) is 0 Å². The van der Waals surface area contributed by atoms with Gasteiger partial charge in [0.05, 0.1) is 19.8 Å². The largest absolute Gasteiger partial charge is 0.394 e. The average Bonchev–Trinajstić information content (AvgIpc) is 2.37. The minimum atomic E-state index is -0.0254. The molecule has 1 aromatic rings. The number of ether oxygens (including phenoxy) is 1. The van der Waals surface area contributed by atoms with Gasteiger partial charge in [-0.3, -0.25) is 4.79 Å². The van der Waals surface area contributed by atoms with Crippen LogP contribution in [0.3, 0.4) is 0 Å². The van der Waals surface area contributed by atoms with Gasteiger partial charge in [0, 0.05) is 18.0 Å². The summed E-state index contributed by atoms with van der Waals surface area (Å²) in [7, 11) is 0. The van der Waals surface area contributed by atoms with Crippen molar-refractivity contribution in [2.24, 2.45) is 0 Å². The number of hydrogen-bond donors (Lipinski definition) is 2. The number of hydrogen-bond acceptors (Lipinski definition) is 3. The number of amides is 1. The Morgan fingerprint density at radius 3 is 2.83 bits per heavy atom. The molecule has 0 atom stereocenters. The number of aliphatic hydroxyl groups is 1. The van der Waals surface area contributed by atoms with E-state index in [4.69, 9.17) is 21.4 Å². The molecular weight excluding hydrogens is 254 g/mol. The van der Waals surface area contributed by atoms with Gasteiger partial charge in [0.25, 0.3) is 0 Å². The average molecular weight is 272 g/mol. The Balaban J connectivity index is 2.15. The first-order valence-corrected chi connectivity index (χ1v) is 6.30. The maximum atomic E-state index is 11.5. The van der Waals surface area contributed by atoms with Crippen LogP contribution in [-0.4, -0.2) is 37.4 Å². The molecule has 0 aromatic heterocycles. The van der Waals surface area contributed by atoms with Crippen molar-refractivity contribution in [3.05, 3.63) is 34.9 Å². The fourth-order valence-corrected chi connectivity index (χ4v) is 1.70. The van der Waals surface area contributed by atoms with Gasteiger partial charge in [0.1, 0.15) is 0 Å². The Hall–Kier alpha value is -1.10. The molecule has 0 fully saturated rings. The second kappa shape index (κ2) is 8.91. The molecule has 0 saturated heterocycles. The zero-order valence-corrected chi connectivity index (χ0v) is 10.9. The van der Waals surface area contributed by atoms with Crippen molar-refractivity contribution in [3.8, 4) is 0 Å². The van der Waals surface area contributed by atoms with Gasteiger partial charge < -0.3 is 15.2 Å². The third-order valence-electron chi connectivity index (χ3n) is 2.38. The molecule has 5 heteroatoms. The van der Waals surface area contributed by atoms with Crippen molar-refractivity contribution in [2.45, 2.75) is 12.8 Å². The van der Waals surface area contributed by atoms with E-state index >= 15 is 0 Å². The first-order chi connectivity index (χ1) is 8.74. The van der Waals surface area contributed by atoms with Crippen LogP contribution >= 0.6 is 11.6 Å². The van der Waals surface area contributed by atoms with E-state index in [9.17, 15) is 4.79 Å². The summed E-state index contributed by atoms with van der Waals surface area (Å²) in [5, 5.41) is 11.9. The van der Waals surface area contributed by atoms with Crippen LogP contribution in [0.4, 0.5) is 0 Å². The predicted molar refractivity (Wildman–Crippen MR) is 70.7 cm³/mol. The lowest BCUT2D eigenvalue weighted by molar-refractivity contribution is -0.121. The van der Waals surface area contributed by atoms with Crippen LogP contribution in [-0.2, 0) is 16.0 Å². The number of carbonyl (C=O) groups is 1. The van der Waals surface area contributed by atoms with Gasteiger partial charge in [0.15, 0.2) is 0 Å². The number of nitrogens with one attached hydrogen (secondary N) is 1. The van der Waals surface area contributed by atoms with Gasteiger partial charge in [-0.05, 0) is 18.1 Å². The minimum absolute atomic E-state index is 0.000449. The Morgan fingerprint density at radius 1 is 1.33 bits per heavy atom. The Morgan fingerprint density at radius 2 is 2.11 bits per heavy atom. The number of benzene rings is 1. The molecule has 0 aliphatic heterocycles. The number of aliphatic hydroxyl groups excluding tert-OH is 1. The summed E-state index contributed by atoms with van der Waals surface area (Å²) in [6, 6.07) is 7.50. The molecule has 0 bridgehead atoms. The van der Waals surface area contributed by atoms with E-state index in [0.717, 1.165) is 5.56 Å². The van der Waals surface area contributed by atoms with Gasteiger partial charge in [0.2, 0.25) is 5.91 Å². The number of aryl methyl sites for hydroxylation is 1. The standard InChI is InChI=1S/C13H18ClNO3/c14-12-4-2-1-3-11(12)5-6-13(17)15-7-9-18-10-8-16/h1-4,16H,5-10H2,(H,15,17). The fourth-order valence-electron chi connectivity index (χ4n) is 1.47. The summed E-state index contributed by atoms with van der Waals surface area (Å²) < 4.78 is 5.03. The van der Waals surface area contributed by atoms with E-state index in [0.29, 0.717) is 37.6 Å². The lowest BCUT2D eigenvalue weighted by Crippen LogP contribution is -2.27. The minimum Gasteiger partial charge on any atom is -0.394 e. The van der Waals surface area contributed by atoms with Crippen molar-refractivity contribution < 1.29 is 14.6 Å². The van der Waals surface area contributed by atoms with Gasteiger partial charge in [-0.2, -0.15) is 0 Å². The molecule has 1 amide bonds. The molecule has 18 heavy (non-hydrogen) atoms. The summed E-state index contributed by atoms with van der Waals surface area (Å²) in [4.78, 5) is 11.5. The zero-order valence-electron chi connectivity index (χ0n) is 10.2. The first kappa shape index (κ1) is 15.0. The highest BCUT2D eigenvalue weighted by Crippen LogP contribution is 2.16. The molecule has 0 unspecified atom stereocenters. The van der Waals surface area contributed by atoms with Gasteiger partial charge in [-0.1, -0.05) is 29.8 Å². The molecule has 2 N–H and O–H groups in total. The van der Waals surface area contributed by atoms with Crippen LogP contribution < -0.4 is 5.32 Å². The Bertz CT molecular complexity index is 371. The summed E-state index contributed by atoms with van der Waals surface area (Å²) >= 11 is 5.99. The van der Waals surface area contributed by atoms with Gasteiger partial charge >= 0.3 is 0 Å². The Labute approximate surface area is 112 Å². The summed E-state index contributed by atoms with van der Waals surface area (Å²) in [6.07, 6.45) is 1.03. The summed E-state index contributed by atoms with van der Waals surface area (Å²) in [5.74, 6) is -0.0254. The highest BCUT2D eigenvalue weighted by atomic mass is 35.5. The van der Waals surface area contributed by atoms with E-state index in [-0.39, 0.29) is 12.5 Å². The number of rotatable bonds is 8. The quantitative estimate of drug-likeness (QED) is 0.703. The van der Waals surface area contributed by atoms with Crippen molar-refractivity contribution in [3.63, 3.8) is 0 Å². The van der Waals surface area contributed by atoms with E-state index in [2.05, 4.69) is 5.32 Å². The second-order valence-electron chi connectivity index (χ2n) is 3.78. The van der Waals surface area contributed by atoms with E-state index in [1.165, 1.54) is 0 Å². The van der Waals surface area contributed by atoms with Crippen molar-refractivity contribution >= 4 is 17.5 Å². The monoisotopic (exact) mass is 271 g/mol. The molecule has 0 radical (unpaired) electrons. The Kier molecular flexibility index (Phi) is 7.41.